The van der Waals surface area contributed by atoms with Crippen molar-refractivity contribution < 1.29 is 13.9 Å². The topological polar surface area (TPSA) is 69.4 Å². The van der Waals surface area contributed by atoms with Gasteiger partial charge in [-0.3, -0.25) is 4.98 Å². The van der Waals surface area contributed by atoms with Crippen LogP contribution in [0.3, 0.4) is 0 Å². The van der Waals surface area contributed by atoms with E-state index in [-0.39, 0.29) is 11.6 Å². The van der Waals surface area contributed by atoms with Gasteiger partial charge in [0, 0.05) is 17.3 Å². The summed E-state index contributed by atoms with van der Waals surface area (Å²) in [5.74, 6) is -0.839. The number of hydrogen-bond donors (Lipinski definition) is 0. The summed E-state index contributed by atoms with van der Waals surface area (Å²) in [7, 11) is 1.30. The quantitative estimate of drug-likeness (QED) is 0.695. The van der Waals surface area contributed by atoms with Gasteiger partial charge in [0.05, 0.1) is 25.2 Å². The monoisotopic (exact) mass is 314 g/mol. The predicted molar refractivity (Wildman–Crippen MR) is 81.6 cm³/mol. The summed E-state index contributed by atoms with van der Waals surface area (Å²) in [5, 5.41) is 4.22. The van der Waals surface area contributed by atoms with Crippen molar-refractivity contribution in [2.24, 2.45) is 0 Å². The maximum absolute atomic E-state index is 13.4. The molecule has 0 bridgehead atoms. The van der Waals surface area contributed by atoms with Crippen molar-refractivity contribution in [2.75, 3.05) is 7.11 Å². The maximum Gasteiger partial charge on any atom is 0.356 e. The third-order valence-electron chi connectivity index (χ3n) is 3.52. The Morgan fingerprint density at radius 2 is 2.04 bits per heavy atom. The molecule has 0 unspecified atom stereocenters. The van der Waals surface area contributed by atoms with Gasteiger partial charge < -0.3 is 4.74 Å². The molecular formula is C16H15FN4O2. The first-order valence-corrected chi connectivity index (χ1v) is 7.09. The van der Waals surface area contributed by atoms with Crippen LogP contribution in [0.5, 0.6) is 0 Å². The number of esters is 1. The largest absolute Gasteiger partial charge is 0.464 e. The summed E-state index contributed by atoms with van der Waals surface area (Å²) in [4.78, 5) is 20.4. The Balaban J connectivity index is 2.30. The number of carbonyl (C=O) groups excluding carboxylic acids is 1. The summed E-state index contributed by atoms with van der Waals surface area (Å²) in [6.45, 7) is 4.01. The van der Waals surface area contributed by atoms with Crippen LogP contribution in [0.2, 0.25) is 0 Å². The highest BCUT2D eigenvalue weighted by Gasteiger charge is 2.19. The fourth-order valence-corrected chi connectivity index (χ4v) is 2.34. The van der Waals surface area contributed by atoms with Gasteiger partial charge in [-0.2, -0.15) is 5.10 Å². The van der Waals surface area contributed by atoms with Crippen molar-refractivity contribution in [1.82, 2.24) is 19.6 Å². The SMILES string of the molecule is COC(=O)c1cc(-c2cncc(F)c2)nc2c(C(C)C)cnn12. The Hall–Kier alpha value is -2.83. The second kappa shape index (κ2) is 5.75. The predicted octanol–water partition coefficient (Wildman–Crippen LogP) is 2.84. The van der Waals surface area contributed by atoms with Crippen LogP contribution in [-0.4, -0.2) is 32.7 Å². The van der Waals surface area contributed by atoms with Gasteiger partial charge >= 0.3 is 5.97 Å². The molecule has 3 rings (SSSR count). The Labute approximate surface area is 131 Å². The van der Waals surface area contributed by atoms with Crippen LogP contribution in [0, 0.1) is 5.82 Å². The fourth-order valence-electron chi connectivity index (χ4n) is 2.34. The zero-order valence-electron chi connectivity index (χ0n) is 12.9. The number of rotatable bonds is 3. The summed E-state index contributed by atoms with van der Waals surface area (Å²) in [6.07, 6.45) is 4.28. The van der Waals surface area contributed by atoms with E-state index in [0.717, 1.165) is 11.8 Å². The number of pyridine rings is 1. The van der Waals surface area contributed by atoms with E-state index in [2.05, 4.69) is 15.1 Å². The van der Waals surface area contributed by atoms with Gasteiger partial charge in [-0.15, -0.1) is 0 Å². The van der Waals surface area contributed by atoms with Crippen molar-refractivity contribution in [3.63, 3.8) is 0 Å². The van der Waals surface area contributed by atoms with Crippen LogP contribution in [0.4, 0.5) is 4.39 Å². The lowest BCUT2D eigenvalue weighted by Crippen LogP contribution is -2.11. The summed E-state index contributed by atoms with van der Waals surface area (Å²) in [5.41, 5.74) is 2.58. The molecule has 0 amide bonds. The molecule has 0 radical (unpaired) electrons. The van der Waals surface area contributed by atoms with E-state index in [9.17, 15) is 9.18 Å². The average Bonchev–Trinajstić information content (AvgIpc) is 2.97. The number of hydrogen-bond acceptors (Lipinski definition) is 5. The third-order valence-corrected chi connectivity index (χ3v) is 3.52. The minimum Gasteiger partial charge on any atom is -0.464 e. The second-order valence-corrected chi connectivity index (χ2v) is 5.40. The van der Waals surface area contributed by atoms with Gasteiger partial charge in [0.1, 0.15) is 5.82 Å². The Morgan fingerprint density at radius 1 is 1.26 bits per heavy atom. The summed E-state index contributed by atoms with van der Waals surface area (Å²) >= 11 is 0. The molecule has 0 aromatic carbocycles. The molecule has 0 saturated heterocycles. The standard InChI is InChI=1S/C16H15FN4O2/c1-9(2)12-8-19-21-14(16(22)23-3)5-13(20-15(12)21)10-4-11(17)7-18-6-10/h4-9H,1-3H3. The maximum atomic E-state index is 13.4. The van der Waals surface area contributed by atoms with Gasteiger partial charge in [0.25, 0.3) is 0 Å². The molecule has 0 atom stereocenters. The lowest BCUT2D eigenvalue weighted by Gasteiger charge is -2.08. The molecule has 7 heteroatoms. The molecule has 3 heterocycles. The molecule has 23 heavy (non-hydrogen) atoms. The van der Waals surface area contributed by atoms with Gasteiger partial charge in [0.15, 0.2) is 11.3 Å². The van der Waals surface area contributed by atoms with E-state index < -0.39 is 11.8 Å². The van der Waals surface area contributed by atoms with Crippen LogP contribution in [0.25, 0.3) is 16.9 Å². The highest BCUT2D eigenvalue weighted by Crippen LogP contribution is 2.25. The molecule has 118 valence electrons. The lowest BCUT2D eigenvalue weighted by atomic mass is 10.1. The molecule has 0 N–H and O–H groups in total. The Kier molecular flexibility index (Phi) is 3.77. The smallest absolute Gasteiger partial charge is 0.356 e. The van der Waals surface area contributed by atoms with E-state index >= 15 is 0 Å². The Morgan fingerprint density at radius 3 is 2.70 bits per heavy atom. The van der Waals surface area contributed by atoms with E-state index in [0.29, 0.717) is 16.9 Å². The minimum atomic E-state index is -0.540. The zero-order valence-corrected chi connectivity index (χ0v) is 12.9. The zero-order chi connectivity index (χ0) is 16.6. The number of ether oxygens (including phenoxy) is 1. The van der Waals surface area contributed by atoms with Crippen LogP contribution in [-0.2, 0) is 4.74 Å². The highest BCUT2D eigenvalue weighted by atomic mass is 19.1. The van der Waals surface area contributed by atoms with Crippen LogP contribution < -0.4 is 0 Å². The number of fused-ring (bicyclic) bond motifs is 1. The van der Waals surface area contributed by atoms with Crippen LogP contribution in [0.15, 0.2) is 30.7 Å². The average molecular weight is 314 g/mol. The molecular weight excluding hydrogens is 299 g/mol. The molecule has 0 saturated carbocycles. The number of aromatic nitrogens is 4. The Bertz CT molecular complexity index is 889. The molecule has 0 aliphatic rings. The van der Waals surface area contributed by atoms with Crippen molar-refractivity contribution >= 4 is 11.6 Å². The van der Waals surface area contributed by atoms with Crippen molar-refractivity contribution in [2.45, 2.75) is 19.8 Å². The van der Waals surface area contributed by atoms with Gasteiger partial charge in [-0.05, 0) is 18.1 Å². The lowest BCUT2D eigenvalue weighted by molar-refractivity contribution is 0.0590. The molecule has 3 aromatic heterocycles. The fraction of sp³-hybridized carbons (Fsp3) is 0.250. The van der Waals surface area contributed by atoms with Crippen molar-refractivity contribution in [1.29, 1.82) is 0 Å². The van der Waals surface area contributed by atoms with Crippen molar-refractivity contribution in [3.05, 3.63) is 47.8 Å². The number of carbonyl (C=O) groups is 1. The van der Waals surface area contributed by atoms with E-state index in [1.807, 2.05) is 13.8 Å². The molecule has 0 spiro atoms. The number of methoxy groups -OCH3 is 1. The summed E-state index contributed by atoms with van der Waals surface area (Å²) < 4.78 is 19.7. The molecule has 0 aliphatic carbocycles. The third kappa shape index (κ3) is 2.65. The summed E-state index contributed by atoms with van der Waals surface area (Å²) in [6, 6.07) is 2.84. The number of nitrogens with zero attached hydrogens (tertiary/aromatic N) is 4. The van der Waals surface area contributed by atoms with E-state index in [1.54, 1.807) is 6.20 Å². The van der Waals surface area contributed by atoms with Gasteiger partial charge in [-0.1, -0.05) is 13.8 Å². The first-order chi connectivity index (χ1) is 11.0. The van der Waals surface area contributed by atoms with Crippen molar-refractivity contribution in [3.8, 4) is 11.3 Å². The second-order valence-electron chi connectivity index (χ2n) is 5.40. The minimum absolute atomic E-state index is 0.173. The first kappa shape index (κ1) is 15.1. The molecule has 3 aromatic rings. The van der Waals surface area contributed by atoms with Crippen LogP contribution >= 0.6 is 0 Å². The first-order valence-electron chi connectivity index (χ1n) is 7.09. The van der Waals surface area contributed by atoms with E-state index in [4.69, 9.17) is 4.74 Å². The van der Waals surface area contributed by atoms with E-state index in [1.165, 1.54) is 30.0 Å². The van der Waals surface area contributed by atoms with Gasteiger partial charge in [0.2, 0.25) is 0 Å². The normalized spacial score (nSPS) is 11.2. The van der Waals surface area contributed by atoms with Crippen LogP contribution in [0.1, 0.15) is 35.8 Å². The number of halogens is 1. The van der Waals surface area contributed by atoms with Gasteiger partial charge in [-0.25, -0.2) is 18.7 Å². The highest BCUT2D eigenvalue weighted by molar-refractivity contribution is 5.89. The molecule has 6 nitrogen and oxygen atoms in total. The molecule has 0 fully saturated rings. The molecule has 0 aliphatic heterocycles.